The Kier molecular flexibility index (Phi) is 5.29. The monoisotopic (exact) mass is 308 g/mol. The van der Waals surface area contributed by atoms with Crippen LogP contribution in [0.2, 0.25) is 15.1 Å². The van der Waals surface area contributed by atoms with Gasteiger partial charge in [-0.2, -0.15) is 0 Å². The summed E-state index contributed by atoms with van der Waals surface area (Å²) in [5.41, 5.74) is 5.41. The largest absolute Gasteiger partial charge is 0.322 e. The highest BCUT2D eigenvalue weighted by Crippen LogP contribution is 2.34. The maximum absolute atomic E-state index is 12.1. The zero-order valence-corrected chi connectivity index (χ0v) is 12.5. The Morgan fingerprint density at radius 2 is 1.67 bits per heavy atom. The van der Waals surface area contributed by atoms with Crippen LogP contribution in [0.15, 0.2) is 12.1 Å². The molecule has 1 aromatic carbocycles. The van der Waals surface area contributed by atoms with Crippen LogP contribution in [-0.4, -0.2) is 11.4 Å². The van der Waals surface area contributed by atoms with Crippen LogP contribution in [0.5, 0.6) is 0 Å². The second-order valence-electron chi connectivity index (χ2n) is 4.06. The van der Waals surface area contributed by atoms with Crippen molar-refractivity contribution < 1.29 is 4.79 Å². The van der Waals surface area contributed by atoms with Gasteiger partial charge in [-0.15, -0.1) is 0 Å². The third-order valence-electron chi connectivity index (χ3n) is 2.96. The Morgan fingerprint density at radius 3 is 2.06 bits per heavy atom. The number of anilines is 1. The number of hydrogen-bond donors (Lipinski definition) is 2. The van der Waals surface area contributed by atoms with Crippen LogP contribution in [0.4, 0.5) is 5.69 Å². The molecule has 3 nitrogen and oxygen atoms in total. The first-order chi connectivity index (χ1) is 8.34. The minimum Gasteiger partial charge on any atom is -0.322 e. The number of rotatable bonds is 4. The van der Waals surface area contributed by atoms with Gasteiger partial charge in [0.05, 0.1) is 21.3 Å². The molecule has 0 saturated carbocycles. The van der Waals surface area contributed by atoms with Crippen LogP contribution in [-0.2, 0) is 4.79 Å². The van der Waals surface area contributed by atoms with Gasteiger partial charge in [-0.1, -0.05) is 48.7 Å². The van der Waals surface area contributed by atoms with Gasteiger partial charge in [0.25, 0.3) is 0 Å². The molecule has 0 radical (unpaired) electrons. The predicted octanol–water partition coefficient (Wildman–Crippen LogP) is 4.10. The maximum Gasteiger partial charge on any atom is 0.244 e. The number of hydrogen-bond acceptors (Lipinski definition) is 2. The second kappa shape index (κ2) is 6.11. The van der Waals surface area contributed by atoms with Crippen molar-refractivity contribution in [2.75, 3.05) is 5.32 Å². The fourth-order valence-electron chi connectivity index (χ4n) is 1.47. The number of halogens is 3. The highest BCUT2D eigenvalue weighted by Gasteiger charge is 2.30. The highest BCUT2D eigenvalue weighted by atomic mass is 35.5. The SMILES string of the molecule is CCC(N)(CC)C(=O)Nc1c(Cl)cc(Cl)cc1Cl. The minimum absolute atomic E-state index is 0.287. The summed E-state index contributed by atoms with van der Waals surface area (Å²) in [5, 5.41) is 3.65. The quantitative estimate of drug-likeness (QED) is 0.879. The summed E-state index contributed by atoms with van der Waals surface area (Å²) in [6, 6.07) is 3.03. The van der Waals surface area contributed by atoms with Gasteiger partial charge in [0.1, 0.15) is 0 Å². The standard InChI is InChI=1S/C12H15Cl3N2O/c1-3-12(16,4-2)11(18)17-10-8(14)5-7(13)6-9(10)15/h5-6H,3-4,16H2,1-2H3,(H,17,18). The van der Waals surface area contributed by atoms with Crippen molar-refractivity contribution in [2.45, 2.75) is 32.2 Å². The molecule has 0 aliphatic heterocycles. The van der Waals surface area contributed by atoms with E-state index in [4.69, 9.17) is 40.5 Å². The van der Waals surface area contributed by atoms with E-state index in [0.717, 1.165) is 0 Å². The lowest BCUT2D eigenvalue weighted by molar-refractivity contribution is -0.121. The predicted molar refractivity (Wildman–Crippen MR) is 77.6 cm³/mol. The van der Waals surface area contributed by atoms with E-state index in [1.807, 2.05) is 13.8 Å². The fourth-order valence-corrected chi connectivity index (χ4v) is 2.38. The molecule has 6 heteroatoms. The van der Waals surface area contributed by atoms with Crippen LogP contribution in [0.25, 0.3) is 0 Å². The summed E-state index contributed by atoms with van der Waals surface area (Å²) in [6.07, 6.45) is 1.05. The first kappa shape index (κ1) is 15.6. The molecule has 0 heterocycles. The molecule has 1 aromatic rings. The van der Waals surface area contributed by atoms with E-state index in [1.165, 1.54) is 12.1 Å². The molecule has 0 fully saturated rings. The number of nitrogens with two attached hydrogens (primary N) is 1. The lowest BCUT2D eigenvalue weighted by Crippen LogP contribution is -2.50. The van der Waals surface area contributed by atoms with Gasteiger partial charge in [0, 0.05) is 5.02 Å². The van der Waals surface area contributed by atoms with Crippen molar-refractivity contribution in [3.8, 4) is 0 Å². The van der Waals surface area contributed by atoms with Crippen LogP contribution in [0.3, 0.4) is 0 Å². The Labute approximate surface area is 122 Å². The summed E-state index contributed by atoms with van der Waals surface area (Å²) < 4.78 is 0. The van der Waals surface area contributed by atoms with Gasteiger partial charge in [0.2, 0.25) is 5.91 Å². The molecule has 0 bridgehead atoms. The van der Waals surface area contributed by atoms with Crippen LogP contribution < -0.4 is 11.1 Å². The Balaban J connectivity index is 3.02. The molecule has 0 aliphatic carbocycles. The van der Waals surface area contributed by atoms with E-state index < -0.39 is 5.54 Å². The van der Waals surface area contributed by atoms with Crippen molar-refractivity contribution in [3.63, 3.8) is 0 Å². The van der Waals surface area contributed by atoms with Crippen molar-refractivity contribution >= 4 is 46.4 Å². The van der Waals surface area contributed by atoms with Crippen molar-refractivity contribution in [1.29, 1.82) is 0 Å². The summed E-state index contributed by atoms with van der Waals surface area (Å²) in [4.78, 5) is 12.1. The Hall–Kier alpha value is -0.480. The topological polar surface area (TPSA) is 55.1 Å². The smallest absolute Gasteiger partial charge is 0.244 e. The van der Waals surface area contributed by atoms with Crippen molar-refractivity contribution in [1.82, 2.24) is 0 Å². The van der Waals surface area contributed by atoms with Gasteiger partial charge in [-0.05, 0) is 25.0 Å². The van der Waals surface area contributed by atoms with E-state index in [1.54, 1.807) is 0 Å². The normalized spacial score (nSPS) is 11.4. The third-order valence-corrected chi connectivity index (χ3v) is 3.77. The molecule has 18 heavy (non-hydrogen) atoms. The van der Waals surface area contributed by atoms with Gasteiger partial charge in [-0.3, -0.25) is 4.79 Å². The van der Waals surface area contributed by atoms with Gasteiger partial charge >= 0.3 is 0 Å². The molecular weight excluding hydrogens is 295 g/mol. The zero-order chi connectivity index (χ0) is 13.9. The molecule has 1 amide bonds. The van der Waals surface area contributed by atoms with Crippen LogP contribution >= 0.6 is 34.8 Å². The number of benzene rings is 1. The first-order valence-electron chi connectivity index (χ1n) is 5.59. The minimum atomic E-state index is -0.924. The van der Waals surface area contributed by atoms with Crippen molar-refractivity contribution in [2.24, 2.45) is 5.73 Å². The molecular formula is C12H15Cl3N2O. The van der Waals surface area contributed by atoms with Crippen LogP contribution in [0.1, 0.15) is 26.7 Å². The van der Waals surface area contributed by atoms with E-state index >= 15 is 0 Å². The third kappa shape index (κ3) is 3.29. The summed E-state index contributed by atoms with van der Waals surface area (Å²) >= 11 is 17.8. The van der Waals surface area contributed by atoms with Crippen molar-refractivity contribution in [3.05, 3.63) is 27.2 Å². The van der Waals surface area contributed by atoms with Gasteiger partial charge < -0.3 is 11.1 Å². The Bertz CT molecular complexity index is 436. The molecule has 0 aliphatic rings. The molecule has 100 valence electrons. The lowest BCUT2D eigenvalue weighted by Gasteiger charge is -2.25. The van der Waals surface area contributed by atoms with E-state index in [0.29, 0.717) is 23.6 Å². The molecule has 0 unspecified atom stereocenters. The second-order valence-corrected chi connectivity index (χ2v) is 5.31. The lowest BCUT2D eigenvalue weighted by atomic mass is 9.93. The number of nitrogens with one attached hydrogen (secondary N) is 1. The summed E-state index contributed by atoms with van der Waals surface area (Å²) in [5.74, 6) is -0.307. The van der Waals surface area contributed by atoms with Gasteiger partial charge in [-0.25, -0.2) is 0 Å². The average Bonchev–Trinajstić information content (AvgIpc) is 2.32. The first-order valence-corrected chi connectivity index (χ1v) is 6.72. The Morgan fingerprint density at radius 1 is 1.22 bits per heavy atom. The molecule has 0 spiro atoms. The molecule has 1 rings (SSSR count). The zero-order valence-electron chi connectivity index (χ0n) is 10.2. The maximum atomic E-state index is 12.1. The van der Waals surface area contributed by atoms with E-state index in [9.17, 15) is 4.79 Å². The molecule has 0 atom stereocenters. The highest BCUT2D eigenvalue weighted by molar-refractivity contribution is 6.42. The van der Waals surface area contributed by atoms with Gasteiger partial charge in [0.15, 0.2) is 0 Å². The number of carbonyl (C=O) groups excluding carboxylic acids is 1. The number of carbonyl (C=O) groups is 1. The number of amides is 1. The molecule has 0 saturated heterocycles. The summed E-state index contributed by atoms with van der Waals surface area (Å²) in [6.45, 7) is 3.71. The molecule has 3 N–H and O–H groups in total. The molecule has 0 aromatic heterocycles. The summed E-state index contributed by atoms with van der Waals surface area (Å²) in [7, 11) is 0. The van der Waals surface area contributed by atoms with E-state index in [2.05, 4.69) is 5.32 Å². The van der Waals surface area contributed by atoms with Crippen LogP contribution in [0, 0.1) is 0 Å². The van der Waals surface area contributed by atoms with E-state index in [-0.39, 0.29) is 16.0 Å². The average molecular weight is 310 g/mol. The fraction of sp³-hybridized carbons (Fsp3) is 0.417.